The highest BCUT2D eigenvalue weighted by Gasteiger charge is 2.32. The number of anilines is 2. The highest BCUT2D eigenvalue weighted by Crippen LogP contribution is 2.22. The molecule has 0 aromatic carbocycles. The second-order valence-corrected chi connectivity index (χ2v) is 3.94. The molecule has 1 aliphatic rings. The third-order valence-electron chi connectivity index (χ3n) is 2.62. The van der Waals surface area contributed by atoms with Gasteiger partial charge in [0.1, 0.15) is 0 Å². The minimum atomic E-state index is -0.869. The van der Waals surface area contributed by atoms with Crippen LogP contribution in [0.5, 0.6) is 0 Å². The van der Waals surface area contributed by atoms with Gasteiger partial charge in [-0.25, -0.2) is 9.37 Å². The Morgan fingerprint density at radius 3 is 2.71 bits per heavy atom. The van der Waals surface area contributed by atoms with Gasteiger partial charge >= 0.3 is 0 Å². The van der Waals surface area contributed by atoms with Gasteiger partial charge in [-0.15, -0.1) is 0 Å². The molecular formula is C10H15FN4O2. The van der Waals surface area contributed by atoms with E-state index in [2.05, 4.69) is 15.3 Å². The first kappa shape index (κ1) is 12.0. The molecule has 0 radical (unpaired) electrons. The van der Waals surface area contributed by atoms with E-state index in [-0.39, 0.29) is 18.9 Å². The van der Waals surface area contributed by atoms with Gasteiger partial charge in [0.15, 0.2) is 11.6 Å². The zero-order valence-electron chi connectivity index (χ0n) is 9.47. The van der Waals surface area contributed by atoms with Crippen molar-refractivity contribution >= 4 is 11.8 Å². The zero-order chi connectivity index (χ0) is 12.4. The number of aliphatic hydroxyl groups is 2. The van der Waals surface area contributed by atoms with Crippen molar-refractivity contribution in [2.24, 2.45) is 0 Å². The molecule has 1 aliphatic heterocycles. The summed E-state index contributed by atoms with van der Waals surface area (Å²) in [5, 5.41) is 21.7. The number of β-amino-alcohol motifs (C(OH)–C–C–N with tert-alkyl or cyclic N) is 2. The lowest BCUT2D eigenvalue weighted by Gasteiger charge is -2.17. The van der Waals surface area contributed by atoms with Crippen molar-refractivity contribution in [1.82, 2.24) is 9.97 Å². The van der Waals surface area contributed by atoms with Crippen LogP contribution in [0.4, 0.5) is 16.2 Å². The Morgan fingerprint density at radius 1 is 1.47 bits per heavy atom. The lowest BCUT2D eigenvalue weighted by Crippen LogP contribution is -2.24. The third kappa shape index (κ3) is 2.45. The van der Waals surface area contributed by atoms with E-state index in [0.717, 1.165) is 6.20 Å². The molecule has 1 saturated heterocycles. The van der Waals surface area contributed by atoms with Crippen molar-refractivity contribution in [2.45, 2.75) is 19.1 Å². The Hall–Kier alpha value is -1.47. The smallest absolute Gasteiger partial charge is 0.224 e. The van der Waals surface area contributed by atoms with Gasteiger partial charge in [-0.1, -0.05) is 0 Å². The molecule has 2 atom stereocenters. The molecule has 3 N–H and O–H groups in total. The first-order chi connectivity index (χ1) is 8.11. The van der Waals surface area contributed by atoms with Crippen LogP contribution in [0.15, 0.2) is 6.20 Å². The predicted molar refractivity (Wildman–Crippen MR) is 60.4 cm³/mol. The molecular weight excluding hydrogens is 227 g/mol. The number of nitrogens with zero attached hydrogens (tertiary/aromatic N) is 3. The van der Waals surface area contributed by atoms with Crippen molar-refractivity contribution in [2.75, 3.05) is 29.9 Å². The predicted octanol–water partition coefficient (Wildman–Crippen LogP) is -0.411. The molecule has 7 heteroatoms. The molecule has 2 heterocycles. The Labute approximate surface area is 98.1 Å². The SMILES string of the molecule is CCNc1ncc(F)c(N2CC(O)C(O)C2)n1. The number of rotatable bonds is 3. The maximum atomic E-state index is 13.6. The average molecular weight is 242 g/mol. The summed E-state index contributed by atoms with van der Waals surface area (Å²) in [5.74, 6) is -0.126. The fourth-order valence-corrected chi connectivity index (χ4v) is 1.77. The van der Waals surface area contributed by atoms with E-state index < -0.39 is 18.0 Å². The number of hydrogen-bond acceptors (Lipinski definition) is 6. The van der Waals surface area contributed by atoms with Gasteiger partial charge in [0, 0.05) is 19.6 Å². The van der Waals surface area contributed by atoms with E-state index in [1.807, 2.05) is 6.92 Å². The topological polar surface area (TPSA) is 81.5 Å². The number of aromatic nitrogens is 2. The average Bonchev–Trinajstić information content (AvgIpc) is 2.62. The van der Waals surface area contributed by atoms with Crippen LogP contribution >= 0.6 is 0 Å². The highest BCUT2D eigenvalue weighted by molar-refractivity contribution is 5.45. The van der Waals surface area contributed by atoms with Crippen LogP contribution in [-0.4, -0.2) is 52.0 Å². The number of hydrogen-bond donors (Lipinski definition) is 3. The third-order valence-corrected chi connectivity index (χ3v) is 2.62. The fourth-order valence-electron chi connectivity index (χ4n) is 1.77. The summed E-state index contributed by atoms with van der Waals surface area (Å²) in [5.41, 5.74) is 0. The molecule has 0 spiro atoms. The molecule has 0 bridgehead atoms. The molecule has 1 aromatic heterocycles. The second kappa shape index (κ2) is 4.80. The zero-order valence-corrected chi connectivity index (χ0v) is 9.47. The van der Waals surface area contributed by atoms with E-state index in [1.165, 1.54) is 4.90 Å². The molecule has 0 amide bonds. The molecule has 2 unspecified atom stereocenters. The quantitative estimate of drug-likeness (QED) is 0.668. The monoisotopic (exact) mass is 242 g/mol. The minimum absolute atomic E-state index is 0.103. The second-order valence-electron chi connectivity index (χ2n) is 3.94. The normalized spacial score (nSPS) is 24.1. The maximum Gasteiger partial charge on any atom is 0.224 e. The van der Waals surface area contributed by atoms with Gasteiger partial charge in [-0.3, -0.25) is 0 Å². The molecule has 6 nitrogen and oxygen atoms in total. The Balaban J connectivity index is 2.22. The van der Waals surface area contributed by atoms with Crippen molar-refractivity contribution in [3.05, 3.63) is 12.0 Å². The molecule has 0 aliphatic carbocycles. The molecule has 17 heavy (non-hydrogen) atoms. The Morgan fingerprint density at radius 2 is 2.12 bits per heavy atom. The minimum Gasteiger partial charge on any atom is -0.389 e. The van der Waals surface area contributed by atoms with Gasteiger partial charge < -0.3 is 20.4 Å². The maximum absolute atomic E-state index is 13.6. The van der Waals surface area contributed by atoms with Gasteiger partial charge in [0.25, 0.3) is 0 Å². The van der Waals surface area contributed by atoms with Crippen molar-refractivity contribution in [1.29, 1.82) is 0 Å². The van der Waals surface area contributed by atoms with Gasteiger partial charge in [0.05, 0.1) is 18.4 Å². The summed E-state index contributed by atoms with van der Waals surface area (Å²) in [4.78, 5) is 9.32. The van der Waals surface area contributed by atoms with Gasteiger partial charge in [-0.2, -0.15) is 4.98 Å². The van der Waals surface area contributed by atoms with Gasteiger partial charge in [-0.05, 0) is 6.92 Å². The lowest BCUT2D eigenvalue weighted by molar-refractivity contribution is 0.0572. The first-order valence-electron chi connectivity index (χ1n) is 5.49. The fraction of sp³-hybridized carbons (Fsp3) is 0.600. The van der Waals surface area contributed by atoms with Crippen LogP contribution in [0.2, 0.25) is 0 Å². The number of aliphatic hydroxyl groups excluding tert-OH is 2. The largest absolute Gasteiger partial charge is 0.389 e. The molecule has 2 rings (SSSR count). The van der Waals surface area contributed by atoms with E-state index in [4.69, 9.17) is 0 Å². The van der Waals surface area contributed by atoms with Crippen LogP contribution in [-0.2, 0) is 0 Å². The standard InChI is InChI=1S/C10H15FN4O2/c1-2-12-10-13-3-6(11)9(14-10)15-4-7(16)8(17)5-15/h3,7-8,16-17H,2,4-5H2,1H3,(H,12,13,14). The van der Waals surface area contributed by atoms with E-state index in [9.17, 15) is 14.6 Å². The Bertz CT molecular complexity index is 394. The van der Waals surface area contributed by atoms with E-state index in [1.54, 1.807) is 0 Å². The summed E-state index contributed by atoms with van der Waals surface area (Å²) in [6, 6.07) is 0. The van der Waals surface area contributed by atoms with Crippen LogP contribution in [0.3, 0.4) is 0 Å². The first-order valence-corrected chi connectivity index (χ1v) is 5.49. The molecule has 0 saturated carbocycles. The Kier molecular flexibility index (Phi) is 3.39. The van der Waals surface area contributed by atoms with Crippen LogP contribution in [0.25, 0.3) is 0 Å². The summed E-state index contributed by atoms with van der Waals surface area (Å²) in [7, 11) is 0. The summed E-state index contributed by atoms with van der Waals surface area (Å²) in [6.07, 6.45) is -0.656. The van der Waals surface area contributed by atoms with E-state index in [0.29, 0.717) is 12.5 Å². The summed E-state index contributed by atoms with van der Waals surface area (Å²) < 4.78 is 13.6. The van der Waals surface area contributed by atoms with Crippen LogP contribution in [0.1, 0.15) is 6.92 Å². The van der Waals surface area contributed by atoms with Crippen LogP contribution in [0, 0.1) is 5.82 Å². The van der Waals surface area contributed by atoms with Crippen LogP contribution < -0.4 is 10.2 Å². The van der Waals surface area contributed by atoms with Crippen molar-refractivity contribution in [3.8, 4) is 0 Å². The summed E-state index contributed by atoms with van der Waals surface area (Å²) in [6.45, 7) is 2.85. The summed E-state index contributed by atoms with van der Waals surface area (Å²) >= 11 is 0. The van der Waals surface area contributed by atoms with Gasteiger partial charge in [0.2, 0.25) is 5.95 Å². The number of halogens is 1. The lowest BCUT2D eigenvalue weighted by atomic mass is 10.3. The van der Waals surface area contributed by atoms with E-state index >= 15 is 0 Å². The molecule has 94 valence electrons. The van der Waals surface area contributed by atoms with Crippen molar-refractivity contribution in [3.63, 3.8) is 0 Å². The molecule has 1 aromatic rings. The number of nitrogens with one attached hydrogen (secondary N) is 1. The molecule has 1 fully saturated rings. The highest BCUT2D eigenvalue weighted by atomic mass is 19.1. The van der Waals surface area contributed by atoms with Crippen molar-refractivity contribution < 1.29 is 14.6 Å².